The van der Waals surface area contributed by atoms with Crippen LogP contribution >= 0.6 is 0 Å². The minimum Gasteiger partial charge on any atom is -0.299 e. The summed E-state index contributed by atoms with van der Waals surface area (Å²) in [4.78, 5) is 2.85. The molecule has 0 N–H and O–H groups in total. The van der Waals surface area contributed by atoms with Gasteiger partial charge in [-0.05, 0) is 53.8 Å². The van der Waals surface area contributed by atoms with Gasteiger partial charge in [-0.2, -0.15) is 4.31 Å². The van der Waals surface area contributed by atoms with Crippen LogP contribution in [-0.4, -0.2) is 43.8 Å². The minimum atomic E-state index is -3.50. The van der Waals surface area contributed by atoms with Crippen molar-refractivity contribution in [1.82, 2.24) is 9.21 Å². The van der Waals surface area contributed by atoms with Gasteiger partial charge in [0.25, 0.3) is 0 Å². The smallest absolute Gasteiger partial charge is 0.243 e. The molecular formula is C25H30N2O2S. The highest BCUT2D eigenvalue weighted by Gasteiger charge is 2.28. The van der Waals surface area contributed by atoms with Crippen LogP contribution < -0.4 is 0 Å². The summed E-state index contributed by atoms with van der Waals surface area (Å²) in [7, 11) is -3.50. The van der Waals surface area contributed by atoms with Gasteiger partial charge < -0.3 is 0 Å². The molecule has 0 spiro atoms. The summed E-state index contributed by atoms with van der Waals surface area (Å²) in [6, 6.07) is 23.8. The Morgan fingerprint density at radius 3 is 2.47 bits per heavy atom. The summed E-state index contributed by atoms with van der Waals surface area (Å²) in [6.45, 7) is 5.96. The maximum Gasteiger partial charge on any atom is 0.243 e. The first-order valence-corrected chi connectivity index (χ1v) is 12.3. The fraction of sp³-hybridized carbons (Fsp3) is 0.360. The molecule has 1 unspecified atom stereocenters. The van der Waals surface area contributed by atoms with Crippen LogP contribution in [0.1, 0.15) is 25.3 Å². The highest BCUT2D eigenvalue weighted by Crippen LogP contribution is 2.25. The van der Waals surface area contributed by atoms with Crippen LogP contribution in [0, 0.1) is 5.92 Å². The van der Waals surface area contributed by atoms with Gasteiger partial charge in [0.1, 0.15) is 0 Å². The van der Waals surface area contributed by atoms with E-state index in [0.29, 0.717) is 23.9 Å². The molecule has 0 aromatic heterocycles. The lowest BCUT2D eigenvalue weighted by Crippen LogP contribution is -2.42. The predicted molar refractivity (Wildman–Crippen MR) is 123 cm³/mol. The van der Waals surface area contributed by atoms with Crippen molar-refractivity contribution in [3.8, 4) is 0 Å². The number of sulfonamides is 1. The molecule has 1 aliphatic rings. The van der Waals surface area contributed by atoms with E-state index >= 15 is 0 Å². The van der Waals surface area contributed by atoms with Gasteiger partial charge in [0.2, 0.25) is 10.0 Å². The van der Waals surface area contributed by atoms with Crippen LogP contribution in [0.4, 0.5) is 0 Å². The molecule has 30 heavy (non-hydrogen) atoms. The first-order chi connectivity index (χ1) is 14.6. The Morgan fingerprint density at radius 1 is 0.967 bits per heavy atom. The normalized spacial score (nSPS) is 18.1. The fourth-order valence-corrected chi connectivity index (χ4v) is 6.01. The topological polar surface area (TPSA) is 40.6 Å². The second kappa shape index (κ2) is 9.29. The minimum absolute atomic E-state index is 0.359. The summed E-state index contributed by atoms with van der Waals surface area (Å²) >= 11 is 0. The van der Waals surface area contributed by atoms with Crippen molar-refractivity contribution in [2.45, 2.75) is 31.2 Å². The monoisotopic (exact) mass is 422 g/mol. The first-order valence-electron chi connectivity index (χ1n) is 10.8. The first kappa shape index (κ1) is 21.0. The van der Waals surface area contributed by atoms with Gasteiger partial charge in [-0.3, -0.25) is 4.90 Å². The Hall–Kier alpha value is -2.21. The molecule has 1 aliphatic heterocycles. The molecule has 0 amide bonds. The fourth-order valence-electron chi connectivity index (χ4n) is 4.45. The van der Waals surface area contributed by atoms with Crippen molar-refractivity contribution in [3.05, 3.63) is 78.4 Å². The van der Waals surface area contributed by atoms with Crippen molar-refractivity contribution in [1.29, 1.82) is 0 Å². The number of hydrogen-bond acceptors (Lipinski definition) is 3. The number of likely N-dealkylation sites (tertiary alicyclic amines) is 1. The molecule has 0 bridgehead atoms. The largest absolute Gasteiger partial charge is 0.299 e. The molecule has 3 aromatic carbocycles. The SMILES string of the molecule is CCN(CC1CCCN(Cc2ccccc2)C1)S(=O)(=O)c1ccc2ccccc2c1. The Labute approximate surface area is 180 Å². The molecule has 3 aromatic rings. The zero-order valence-corrected chi connectivity index (χ0v) is 18.4. The maximum absolute atomic E-state index is 13.4. The molecule has 4 nitrogen and oxygen atoms in total. The number of hydrogen-bond donors (Lipinski definition) is 0. The van der Waals surface area contributed by atoms with E-state index in [1.54, 1.807) is 16.4 Å². The van der Waals surface area contributed by atoms with Crippen molar-refractivity contribution >= 4 is 20.8 Å². The van der Waals surface area contributed by atoms with Crippen molar-refractivity contribution < 1.29 is 8.42 Å². The lowest BCUT2D eigenvalue weighted by atomic mass is 9.97. The van der Waals surface area contributed by atoms with E-state index in [1.165, 1.54) is 5.56 Å². The molecule has 4 rings (SSSR count). The molecule has 1 atom stereocenters. The van der Waals surface area contributed by atoms with Gasteiger partial charge in [-0.1, -0.05) is 67.6 Å². The van der Waals surface area contributed by atoms with E-state index in [1.807, 2.05) is 43.3 Å². The van der Waals surface area contributed by atoms with Gasteiger partial charge in [-0.15, -0.1) is 0 Å². The second-order valence-electron chi connectivity index (χ2n) is 8.19. The van der Waals surface area contributed by atoms with Gasteiger partial charge >= 0.3 is 0 Å². The van der Waals surface area contributed by atoms with Gasteiger partial charge in [0.05, 0.1) is 4.90 Å². The van der Waals surface area contributed by atoms with E-state index in [9.17, 15) is 8.42 Å². The average Bonchev–Trinajstić information content (AvgIpc) is 2.78. The second-order valence-corrected chi connectivity index (χ2v) is 10.1. The van der Waals surface area contributed by atoms with Crippen LogP contribution in [0.3, 0.4) is 0 Å². The summed E-state index contributed by atoms with van der Waals surface area (Å²) < 4.78 is 28.4. The Balaban J connectivity index is 1.47. The third-order valence-electron chi connectivity index (χ3n) is 6.03. The number of nitrogens with zero attached hydrogens (tertiary/aromatic N) is 2. The molecule has 0 radical (unpaired) electrons. The third kappa shape index (κ3) is 4.75. The quantitative estimate of drug-likeness (QED) is 0.551. The highest BCUT2D eigenvalue weighted by atomic mass is 32.2. The summed E-state index contributed by atoms with van der Waals surface area (Å²) in [6.07, 6.45) is 2.19. The van der Waals surface area contributed by atoms with Crippen molar-refractivity contribution in [2.24, 2.45) is 5.92 Å². The van der Waals surface area contributed by atoms with Crippen LogP contribution in [-0.2, 0) is 16.6 Å². The Bertz CT molecular complexity index is 1080. The molecule has 5 heteroatoms. The molecule has 1 saturated heterocycles. The molecule has 0 saturated carbocycles. The lowest BCUT2D eigenvalue weighted by Gasteiger charge is -2.35. The van der Waals surface area contributed by atoms with Crippen molar-refractivity contribution in [3.63, 3.8) is 0 Å². The molecule has 0 aliphatic carbocycles. The standard InChI is InChI=1S/C25H30N2O2S/c1-2-27(30(28,29)25-15-14-23-12-6-7-13-24(23)17-25)20-22-11-8-16-26(19-22)18-21-9-4-3-5-10-21/h3-7,9-10,12-15,17,22H,2,8,11,16,18-20H2,1H3. The summed E-state index contributed by atoms with van der Waals surface area (Å²) in [5, 5.41) is 2.02. The Kier molecular flexibility index (Phi) is 6.52. The highest BCUT2D eigenvalue weighted by molar-refractivity contribution is 7.89. The van der Waals surface area contributed by atoms with Crippen LogP contribution in [0.2, 0.25) is 0 Å². The molecular weight excluding hydrogens is 392 g/mol. The predicted octanol–water partition coefficient (Wildman–Crippen LogP) is 4.76. The van der Waals surface area contributed by atoms with E-state index in [4.69, 9.17) is 0 Å². The van der Waals surface area contributed by atoms with Crippen LogP contribution in [0.25, 0.3) is 10.8 Å². The van der Waals surface area contributed by atoms with Crippen molar-refractivity contribution in [2.75, 3.05) is 26.2 Å². The average molecular weight is 423 g/mol. The van der Waals surface area contributed by atoms with Crippen LogP contribution in [0.15, 0.2) is 77.7 Å². The van der Waals surface area contributed by atoms with Gasteiger partial charge in [0, 0.05) is 26.2 Å². The number of benzene rings is 3. The van der Waals surface area contributed by atoms with Gasteiger partial charge in [0.15, 0.2) is 0 Å². The number of fused-ring (bicyclic) bond motifs is 1. The number of piperidine rings is 1. The van der Waals surface area contributed by atoms with Crippen LogP contribution in [0.5, 0.6) is 0 Å². The van der Waals surface area contributed by atoms with Gasteiger partial charge in [-0.25, -0.2) is 8.42 Å². The Morgan fingerprint density at radius 2 is 1.70 bits per heavy atom. The zero-order chi connectivity index (χ0) is 21.0. The van der Waals surface area contributed by atoms with E-state index in [2.05, 4.69) is 29.2 Å². The van der Waals surface area contributed by atoms with E-state index < -0.39 is 10.0 Å². The lowest BCUT2D eigenvalue weighted by molar-refractivity contribution is 0.152. The van der Waals surface area contributed by atoms with E-state index in [-0.39, 0.29) is 0 Å². The molecule has 158 valence electrons. The maximum atomic E-state index is 13.4. The molecule has 1 fully saturated rings. The third-order valence-corrected chi connectivity index (χ3v) is 7.96. The summed E-state index contributed by atoms with van der Waals surface area (Å²) in [5.41, 5.74) is 1.31. The number of rotatable bonds is 7. The molecule has 1 heterocycles. The summed E-state index contributed by atoms with van der Waals surface area (Å²) in [5.74, 6) is 0.359. The van der Waals surface area contributed by atoms with E-state index in [0.717, 1.165) is 43.2 Å². The zero-order valence-electron chi connectivity index (χ0n) is 17.6.